The number of nitrogens with one attached hydrogen (secondary N) is 1. The van der Waals surface area contributed by atoms with Gasteiger partial charge in [0, 0.05) is 23.6 Å². The largest absolute Gasteiger partial charge is 0.490 e. The van der Waals surface area contributed by atoms with Gasteiger partial charge in [-0.1, -0.05) is 16.9 Å². The summed E-state index contributed by atoms with van der Waals surface area (Å²) in [5, 5.41) is 25.3. The Balaban J connectivity index is 1.18. The number of fused-ring (bicyclic) bond motifs is 1. The number of benzene rings is 1. The summed E-state index contributed by atoms with van der Waals surface area (Å²) in [7, 11) is -14.2. The zero-order valence-corrected chi connectivity index (χ0v) is 29.4. The molecule has 0 aliphatic carbocycles. The molecule has 5 rings (SSSR count). The first-order valence-corrected chi connectivity index (χ1v) is 20.4. The summed E-state index contributed by atoms with van der Waals surface area (Å²) in [6, 6.07) is 9.82. The van der Waals surface area contributed by atoms with E-state index in [1.54, 1.807) is 24.4 Å². The van der Waals surface area contributed by atoms with Crippen LogP contribution in [-0.4, -0.2) is 79.0 Å². The molecule has 1 aromatic carbocycles. The van der Waals surface area contributed by atoms with E-state index in [2.05, 4.69) is 38.4 Å². The molecule has 28 heteroatoms. The summed E-state index contributed by atoms with van der Waals surface area (Å²) in [5.74, 6) is -0.112. The monoisotopic (exact) mass is 811 g/mol. The lowest BCUT2D eigenvalue weighted by Crippen LogP contribution is -2.26. The average molecular weight is 812 g/mol. The van der Waals surface area contributed by atoms with Crippen molar-refractivity contribution in [1.29, 1.82) is 0 Å². The van der Waals surface area contributed by atoms with Crippen molar-refractivity contribution in [3.63, 3.8) is 0 Å². The number of phosphoric acid groups is 3. The molecule has 1 saturated heterocycles. The minimum Gasteiger partial charge on any atom is -0.444 e. The highest BCUT2D eigenvalue weighted by Gasteiger charge is 2.43. The molecule has 51 heavy (non-hydrogen) atoms. The molecule has 274 valence electrons. The van der Waals surface area contributed by atoms with Gasteiger partial charge in [0.15, 0.2) is 17.0 Å². The molecule has 0 spiro atoms. The van der Waals surface area contributed by atoms with Crippen molar-refractivity contribution in [3.05, 3.63) is 70.9 Å². The van der Waals surface area contributed by atoms with Crippen molar-refractivity contribution < 1.29 is 70.7 Å². The highest BCUT2D eigenvalue weighted by Crippen LogP contribution is 2.66. The van der Waals surface area contributed by atoms with E-state index in [1.807, 2.05) is 6.07 Å². The molecule has 0 bridgehead atoms. The first-order chi connectivity index (χ1) is 24.0. The van der Waals surface area contributed by atoms with E-state index in [-0.39, 0.29) is 34.7 Å². The maximum Gasteiger partial charge on any atom is 0.490 e. The van der Waals surface area contributed by atoms with Crippen LogP contribution in [0.4, 0.5) is 16.3 Å². The van der Waals surface area contributed by atoms with Crippen LogP contribution in [-0.2, 0) is 42.9 Å². The number of rotatable bonds is 15. The number of ether oxygens (including phenoxy) is 2. The number of aliphatic hydroxyl groups excluding tert-OH is 1. The van der Waals surface area contributed by atoms with Crippen LogP contribution in [0.15, 0.2) is 65.2 Å². The Hall–Kier alpha value is -3.38. The van der Waals surface area contributed by atoms with Crippen molar-refractivity contribution in [3.8, 4) is 0 Å². The van der Waals surface area contributed by atoms with Crippen molar-refractivity contribution in [2.24, 2.45) is 0 Å². The Morgan fingerprint density at radius 2 is 1.84 bits per heavy atom. The highest BCUT2D eigenvalue weighted by atomic mass is 33.1. The SMILES string of the molecule is O=C(Nc1ncnc2c1ncn2[C@H]1CC(O)[C@@H](COP(=O)(O)OP(=O)(O)OP(=O)(O)O)O1)OCc1ccc(SSc2ccccn2)cc1[N+](=O)[O-]. The van der Waals surface area contributed by atoms with E-state index in [1.165, 1.54) is 44.6 Å². The molecule has 5 atom stereocenters. The highest BCUT2D eigenvalue weighted by molar-refractivity contribution is 8.76. The van der Waals surface area contributed by atoms with E-state index in [0.717, 1.165) is 6.33 Å². The van der Waals surface area contributed by atoms with Gasteiger partial charge in [0.1, 0.15) is 30.3 Å². The second kappa shape index (κ2) is 16.1. The van der Waals surface area contributed by atoms with Crippen LogP contribution in [0.2, 0.25) is 0 Å². The Labute approximate surface area is 292 Å². The van der Waals surface area contributed by atoms with Crippen LogP contribution in [0.3, 0.4) is 0 Å². The Morgan fingerprint density at radius 1 is 1.06 bits per heavy atom. The summed E-state index contributed by atoms with van der Waals surface area (Å²) >= 11 is 0. The van der Waals surface area contributed by atoms with Gasteiger partial charge < -0.3 is 34.2 Å². The number of imidazole rings is 1. The average Bonchev–Trinajstić information content (AvgIpc) is 3.64. The van der Waals surface area contributed by atoms with Crippen LogP contribution in [0.1, 0.15) is 18.2 Å². The third-order valence-electron chi connectivity index (χ3n) is 6.38. The number of amides is 1. The zero-order chi connectivity index (χ0) is 37.0. The van der Waals surface area contributed by atoms with E-state index >= 15 is 0 Å². The number of carbonyl (C=O) groups is 1. The fraction of sp³-hybridized carbons (Fsp3) is 0.261. The first kappa shape index (κ1) is 38.8. The first-order valence-electron chi connectivity index (χ1n) is 13.7. The molecular weight excluding hydrogens is 787 g/mol. The number of carbonyl (C=O) groups excluding carboxylic acids is 1. The number of aliphatic hydroxyl groups is 1. The number of phosphoric ester groups is 1. The number of pyridine rings is 1. The minimum absolute atomic E-state index is 0.0435. The summed E-state index contributed by atoms with van der Waals surface area (Å²) in [4.78, 5) is 77.1. The lowest BCUT2D eigenvalue weighted by atomic mass is 10.2. The molecule has 1 aliphatic rings. The molecule has 1 aliphatic heterocycles. The molecule has 3 unspecified atom stereocenters. The van der Waals surface area contributed by atoms with Gasteiger partial charge in [-0.3, -0.25) is 24.5 Å². The molecule has 0 saturated carbocycles. The smallest absolute Gasteiger partial charge is 0.444 e. The van der Waals surface area contributed by atoms with Crippen molar-refractivity contribution >= 4 is 73.8 Å². The van der Waals surface area contributed by atoms with Gasteiger partial charge in [-0.05, 0) is 35.1 Å². The van der Waals surface area contributed by atoms with Gasteiger partial charge in [-0.2, -0.15) is 8.62 Å². The van der Waals surface area contributed by atoms with Crippen LogP contribution in [0.25, 0.3) is 11.2 Å². The number of hydrogen-bond acceptors (Lipinski definition) is 18. The van der Waals surface area contributed by atoms with Crippen LogP contribution in [0.5, 0.6) is 0 Å². The lowest BCUT2D eigenvalue weighted by Gasteiger charge is -2.19. The molecule has 1 fully saturated rings. The summed E-state index contributed by atoms with van der Waals surface area (Å²) in [6.07, 6.45) is -0.942. The molecule has 6 N–H and O–H groups in total. The predicted octanol–water partition coefficient (Wildman–Crippen LogP) is 3.67. The summed E-state index contributed by atoms with van der Waals surface area (Å²) in [6.45, 7) is -1.36. The van der Waals surface area contributed by atoms with Gasteiger partial charge in [0.2, 0.25) is 0 Å². The lowest BCUT2D eigenvalue weighted by molar-refractivity contribution is -0.386. The van der Waals surface area contributed by atoms with Gasteiger partial charge in [-0.15, -0.1) is 0 Å². The fourth-order valence-electron chi connectivity index (χ4n) is 4.31. The topological polar surface area (TPSA) is 327 Å². The molecule has 3 aromatic heterocycles. The van der Waals surface area contributed by atoms with E-state index < -0.39 is 66.1 Å². The van der Waals surface area contributed by atoms with E-state index in [0.29, 0.717) is 9.92 Å². The standard InChI is InChI=1S/C23H24N7O16P3S2/c31-16-8-19(44-17(16)10-43-48(38,39)46-49(40,41)45-47(35,36)37)29-12-27-20-21(25-11-26-22(20)29)28-23(32)42-9-13-4-5-14(7-15(13)30(33)34)50-51-18-3-1-2-6-24-18/h1-7,11-12,16-17,19,31H,8-10H2,(H,38,39)(H,40,41)(H2,35,36,37)(H,25,26,28,32)/t16?,17-,19-/m1/s1. The van der Waals surface area contributed by atoms with E-state index in [9.17, 15) is 43.5 Å². The predicted molar refractivity (Wildman–Crippen MR) is 173 cm³/mol. The molecule has 4 aromatic rings. The number of nitro benzene ring substituents is 1. The van der Waals surface area contributed by atoms with Gasteiger partial charge in [0.05, 0.1) is 29.5 Å². The molecular formula is C23H24N7O16P3S2. The summed E-state index contributed by atoms with van der Waals surface area (Å²) in [5.41, 5.74) is -0.00378. The number of hydrogen-bond donors (Lipinski definition) is 6. The third kappa shape index (κ3) is 10.8. The zero-order valence-electron chi connectivity index (χ0n) is 25.1. The van der Waals surface area contributed by atoms with Crippen molar-refractivity contribution in [2.75, 3.05) is 11.9 Å². The van der Waals surface area contributed by atoms with Crippen molar-refractivity contribution in [2.45, 2.75) is 41.4 Å². The quantitative estimate of drug-likeness (QED) is 0.0431. The number of aromatic nitrogens is 5. The third-order valence-corrected chi connectivity index (χ3v) is 12.5. The molecule has 23 nitrogen and oxygen atoms in total. The number of nitro groups is 1. The molecule has 1 amide bonds. The normalized spacial score (nSPS) is 20.1. The van der Waals surface area contributed by atoms with Gasteiger partial charge in [-0.25, -0.2) is 38.4 Å². The maximum atomic E-state index is 12.7. The van der Waals surface area contributed by atoms with Crippen molar-refractivity contribution in [1.82, 2.24) is 24.5 Å². The van der Waals surface area contributed by atoms with Crippen LogP contribution >= 0.6 is 45.1 Å². The molecule has 4 heterocycles. The van der Waals surface area contributed by atoms with Crippen LogP contribution < -0.4 is 5.32 Å². The minimum atomic E-state index is -5.75. The Kier molecular flexibility index (Phi) is 12.3. The maximum absolute atomic E-state index is 12.7. The second-order valence-electron chi connectivity index (χ2n) is 9.95. The second-order valence-corrected chi connectivity index (χ2v) is 16.6. The van der Waals surface area contributed by atoms with Gasteiger partial charge in [0.25, 0.3) is 5.69 Å². The number of anilines is 1. The number of nitrogens with zero attached hydrogens (tertiary/aromatic N) is 6. The van der Waals surface area contributed by atoms with E-state index in [4.69, 9.17) is 19.3 Å². The Morgan fingerprint density at radius 3 is 2.55 bits per heavy atom. The Bertz CT molecular complexity index is 2060. The van der Waals surface area contributed by atoms with Crippen LogP contribution in [0, 0.1) is 10.1 Å². The summed E-state index contributed by atoms with van der Waals surface area (Å²) < 4.78 is 58.4. The fourth-order valence-corrected chi connectivity index (χ4v) is 9.20. The van der Waals surface area contributed by atoms with Gasteiger partial charge >= 0.3 is 29.6 Å². The molecule has 0 radical (unpaired) electrons.